The number of benzene rings is 3. The summed E-state index contributed by atoms with van der Waals surface area (Å²) in [5.41, 5.74) is 2.25. The fourth-order valence-electron chi connectivity index (χ4n) is 2.98. The van der Waals surface area contributed by atoms with Crippen LogP contribution in [-0.4, -0.2) is 32.1 Å². The third kappa shape index (κ3) is 6.28. The standard InChI is InChI=1S/C24H22F2N2O4/c1-31-20-12-7-16(15-21(20)32-24(25)26)13-14-27-22(29)18-8-10-19(11-9-18)28-23(30)17-5-3-2-4-6-17/h2-12,15,24H,13-14H2,1H3,(H,27,29)(H,28,30). The highest BCUT2D eigenvalue weighted by Crippen LogP contribution is 2.29. The molecule has 0 saturated carbocycles. The molecular formula is C24H22F2N2O4. The van der Waals surface area contributed by atoms with Gasteiger partial charge in [0, 0.05) is 23.4 Å². The van der Waals surface area contributed by atoms with Gasteiger partial charge in [-0.05, 0) is 60.5 Å². The molecule has 0 bridgehead atoms. The molecule has 0 heterocycles. The SMILES string of the molecule is COc1ccc(CCNC(=O)c2ccc(NC(=O)c3ccccc3)cc2)cc1OC(F)F. The molecule has 0 aromatic heterocycles. The Morgan fingerprint density at radius 3 is 2.22 bits per heavy atom. The van der Waals surface area contributed by atoms with Crippen LogP contribution in [0.4, 0.5) is 14.5 Å². The lowest BCUT2D eigenvalue weighted by Crippen LogP contribution is -2.25. The summed E-state index contributed by atoms with van der Waals surface area (Å²) in [5, 5.41) is 5.55. The van der Waals surface area contributed by atoms with Gasteiger partial charge in [0.2, 0.25) is 0 Å². The summed E-state index contributed by atoms with van der Waals surface area (Å²) < 4.78 is 34.6. The number of alkyl halides is 2. The second kappa shape index (κ2) is 10.9. The molecule has 166 valence electrons. The van der Waals surface area contributed by atoms with E-state index in [-0.39, 0.29) is 23.3 Å². The Kier molecular flexibility index (Phi) is 7.75. The zero-order valence-electron chi connectivity index (χ0n) is 17.3. The van der Waals surface area contributed by atoms with E-state index in [0.717, 1.165) is 0 Å². The predicted octanol–water partition coefficient (Wildman–Crippen LogP) is 4.52. The molecule has 0 atom stereocenters. The Hall–Kier alpha value is -3.94. The van der Waals surface area contributed by atoms with Gasteiger partial charge in [-0.15, -0.1) is 0 Å². The van der Waals surface area contributed by atoms with E-state index in [9.17, 15) is 18.4 Å². The summed E-state index contributed by atoms with van der Waals surface area (Å²) in [4.78, 5) is 24.5. The minimum Gasteiger partial charge on any atom is -0.493 e. The predicted molar refractivity (Wildman–Crippen MR) is 117 cm³/mol. The Morgan fingerprint density at radius 2 is 1.56 bits per heavy atom. The Bertz CT molecular complexity index is 1060. The molecule has 3 aromatic rings. The molecule has 0 spiro atoms. The molecule has 0 fully saturated rings. The van der Waals surface area contributed by atoms with Crippen molar-refractivity contribution in [2.75, 3.05) is 19.0 Å². The van der Waals surface area contributed by atoms with Crippen LogP contribution in [-0.2, 0) is 6.42 Å². The molecule has 0 aliphatic carbocycles. The number of rotatable bonds is 9. The highest BCUT2D eigenvalue weighted by atomic mass is 19.3. The molecular weight excluding hydrogens is 418 g/mol. The van der Waals surface area contributed by atoms with Gasteiger partial charge < -0.3 is 20.1 Å². The lowest BCUT2D eigenvalue weighted by molar-refractivity contribution is -0.0512. The molecule has 0 aliphatic heterocycles. The van der Waals surface area contributed by atoms with Crippen LogP contribution in [0.5, 0.6) is 11.5 Å². The minimum atomic E-state index is -2.96. The normalized spacial score (nSPS) is 10.5. The molecule has 3 rings (SSSR count). The van der Waals surface area contributed by atoms with Gasteiger partial charge >= 0.3 is 6.61 Å². The number of methoxy groups -OCH3 is 1. The van der Waals surface area contributed by atoms with E-state index in [4.69, 9.17) is 4.74 Å². The zero-order chi connectivity index (χ0) is 22.9. The topological polar surface area (TPSA) is 76.7 Å². The van der Waals surface area contributed by atoms with Gasteiger partial charge in [-0.25, -0.2) is 0 Å². The first-order chi connectivity index (χ1) is 15.5. The van der Waals surface area contributed by atoms with Crippen LogP contribution < -0.4 is 20.1 Å². The smallest absolute Gasteiger partial charge is 0.387 e. The molecule has 2 amide bonds. The molecule has 0 aliphatic rings. The third-order valence-electron chi connectivity index (χ3n) is 4.58. The molecule has 32 heavy (non-hydrogen) atoms. The van der Waals surface area contributed by atoms with Gasteiger partial charge in [-0.1, -0.05) is 24.3 Å². The maximum absolute atomic E-state index is 12.5. The highest BCUT2D eigenvalue weighted by molar-refractivity contribution is 6.04. The number of carbonyl (C=O) groups is 2. The second-order valence-corrected chi connectivity index (χ2v) is 6.77. The van der Waals surface area contributed by atoms with Gasteiger partial charge in [0.1, 0.15) is 0 Å². The molecule has 0 saturated heterocycles. The van der Waals surface area contributed by atoms with Crippen LogP contribution >= 0.6 is 0 Å². The van der Waals surface area contributed by atoms with Crippen molar-refractivity contribution < 1.29 is 27.8 Å². The fraction of sp³-hybridized carbons (Fsp3) is 0.167. The van der Waals surface area contributed by atoms with Crippen LogP contribution in [0.25, 0.3) is 0 Å². The number of anilines is 1. The van der Waals surface area contributed by atoms with Crippen LogP contribution in [0.2, 0.25) is 0 Å². The Labute approximate surface area is 184 Å². The number of hydrogen-bond donors (Lipinski definition) is 2. The van der Waals surface area contributed by atoms with E-state index in [0.29, 0.717) is 35.3 Å². The fourth-order valence-corrected chi connectivity index (χ4v) is 2.98. The average Bonchev–Trinajstić information content (AvgIpc) is 2.80. The summed E-state index contributed by atoms with van der Waals surface area (Å²) in [7, 11) is 1.37. The van der Waals surface area contributed by atoms with E-state index in [2.05, 4.69) is 15.4 Å². The molecule has 3 aromatic carbocycles. The number of carbonyl (C=O) groups excluding carboxylic acids is 2. The van der Waals surface area contributed by atoms with Crippen molar-refractivity contribution in [1.29, 1.82) is 0 Å². The van der Waals surface area contributed by atoms with Crippen molar-refractivity contribution >= 4 is 17.5 Å². The van der Waals surface area contributed by atoms with Crippen LogP contribution in [0.3, 0.4) is 0 Å². The van der Waals surface area contributed by atoms with E-state index >= 15 is 0 Å². The van der Waals surface area contributed by atoms with Crippen molar-refractivity contribution in [3.8, 4) is 11.5 Å². The average molecular weight is 440 g/mol. The monoisotopic (exact) mass is 440 g/mol. The van der Waals surface area contributed by atoms with E-state index in [1.165, 1.54) is 19.2 Å². The van der Waals surface area contributed by atoms with Crippen LogP contribution in [0.1, 0.15) is 26.3 Å². The van der Waals surface area contributed by atoms with Gasteiger partial charge in [0.05, 0.1) is 7.11 Å². The zero-order valence-corrected chi connectivity index (χ0v) is 17.3. The first kappa shape index (κ1) is 22.7. The summed E-state index contributed by atoms with van der Waals surface area (Å²) in [6.45, 7) is -2.66. The molecule has 6 nitrogen and oxygen atoms in total. The van der Waals surface area contributed by atoms with Gasteiger partial charge in [0.15, 0.2) is 11.5 Å². The molecule has 0 unspecified atom stereocenters. The maximum atomic E-state index is 12.5. The number of hydrogen-bond acceptors (Lipinski definition) is 4. The van der Waals surface area contributed by atoms with Gasteiger partial charge in [0.25, 0.3) is 11.8 Å². The minimum absolute atomic E-state index is 0.0561. The lowest BCUT2D eigenvalue weighted by Gasteiger charge is -2.12. The van der Waals surface area contributed by atoms with E-state index in [1.54, 1.807) is 54.6 Å². The molecule has 2 N–H and O–H groups in total. The first-order valence-electron chi connectivity index (χ1n) is 9.82. The van der Waals surface area contributed by atoms with Crippen molar-refractivity contribution in [3.05, 3.63) is 89.5 Å². The summed E-state index contributed by atoms with van der Waals surface area (Å²) in [6.07, 6.45) is 0.417. The highest BCUT2D eigenvalue weighted by Gasteiger charge is 2.12. The third-order valence-corrected chi connectivity index (χ3v) is 4.58. The van der Waals surface area contributed by atoms with Crippen molar-refractivity contribution in [1.82, 2.24) is 5.32 Å². The summed E-state index contributed by atoms with van der Waals surface area (Å²) in [6, 6.07) is 20.0. The summed E-state index contributed by atoms with van der Waals surface area (Å²) >= 11 is 0. The second-order valence-electron chi connectivity index (χ2n) is 6.77. The van der Waals surface area contributed by atoms with Crippen LogP contribution in [0.15, 0.2) is 72.8 Å². The van der Waals surface area contributed by atoms with E-state index in [1.807, 2.05) is 6.07 Å². The van der Waals surface area contributed by atoms with Crippen molar-refractivity contribution in [2.45, 2.75) is 13.0 Å². The maximum Gasteiger partial charge on any atom is 0.387 e. The van der Waals surface area contributed by atoms with Gasteiger partial charge in [-0.3, -0.25) is 9.59 Å². The first-order valence-corrected chi connectivity index (χ1v) is 9.82. The van der Waals surface area contributed by atoms with Crippen molar-refractivity contribution in [3.63, 3.8) is 0 Å². The quantitative estimate of drug-likeness (QED) is 0.513. The van der Waals surface area contributed by atoms with Crippen LogP contribution in [0, 0.1) is 0 Å². The Balaban J connectivity index is 1.52. The summed E-state index contributed by atoms with van der Waals surface area (Å²) in [5.74, 6) is -0.377. The number of amides is 2. The number of nitrogens with one attached hydrogen (secondary N) is 2. The number of ether oxygens (including phenoxy) is 2. The Morgan fingerprint density at radius 1 is 0.875 bits per heavy atom. The molecule has 8 heteroatoms. The van der Waals surface area contributed by atoms with E-state index < -0.39 is 6.61 Å². The van der Waals surface area contributed by atoms with Crippen molar-refractivity contribution in [2.24, 2.45) is 0 Å². The molecule has 0 radical (unpaired) electrons. The number of halogens is 2. The largest absolute Gasteiger partial charge is 0.493 e. The lowest BCUT2D eigenvalue weighted by atomic mass is 10.1. The van der Waals surface area contributed by atoms with Gasteiger partial charge in [-0.2, -0.15) is 8.78 Å².